The summed E-state index contributed by atoms with van der Waals surface area (Å²) in [5.74, 6) is 0. The predicted octanol–water partition coefficient (Wildman–Crippen LogP) is 14.5. The summed E-state index contributed by atoms with van der Waals surface area (Å²) in [4.78, 5) is 0. The third-order valence-electron chi connectivity index (χ3n) is 11.3. The molecule has 0 atom stereocenters. The smallest absolute Gasteiger partial charge is 0.0618 e. The average Bonchev–Trinajstić information content (AvgIpc) is 3.79. The molecular weight excluding hydrogens is 677 g/mol. The van der Waals surface area contributed by atoms with E-state index in [-0.39, 0.29) is 0 Å². The summed E-state index contributed by atoms with van der Waals surface area (Å²) in [6, 6.07) is 79.4. The fourth-order valence-electron chi connectivity index (χ4n) is 8.74. The monoisotopic (exact) mass is 712 g/mol. The second-order valence-electron chi connectivity index (χ2n) is 14.5. The molecule has 2 nitrogen and oxygen atoms in total. The number of nitrogens with zero attached hydrogens (tertiary/aromatic N) is 2. The maximum Gasteiger partial charge on any atom is 0.0618 e. The van der Waals surface area contributed by atoms with Crippen molar-refractivity contribution in [3.63, 3.8) is 0 Å². The van der Waals surface area contributed by atoms with Crippen molar-refractivity contribution in [2.24, 2.45) is 0 Å². The van der Waals surface area contributed by atoms with Gasteiger partial charge in [0, 0.05) is 38.4 Å². The molecule has 0 amide bonds. The second-order valence-corrected chi connectivity index (χ2v) is 14.5. The van der Waals surface area contributed by atoms with Crippen LogP contribution in [-0.4, -0.2) is 9.13 Å². The first kappa shape index (κ1) is 32.0. The maximum absolute atomic E-state index is 2.49. The van der Waals surface area contributed by atoms with Crippen molar-refractivity contribution in [2.75, 3.05) is 0 Å². The van der Waals surface area contributed by atoms with Crippen LogP contribution < -0.4 is 0 Å². The molecule has 0 radical (unpaired) electrons. The lowest BCUT2D eigenvalue weighted by Gasteiger charge is -2.19. The third-order valence-corrected chi connectivity index (χ3v) is 11.3. The van der Waals surface area contributed by atoms with Crippen LogP contribution in [0.25, 0.3) is 99.5 Å². The topological polar surface area (TPSA) is 9.86 Å². The van der Waals surface area contributed by atoms with Crippen LogP contribution in [0.4, 0.5) is 0 Å². The first-order chi connectivity index (χ1) is 27.8. The number of para-hydroxylation sites is 3. The van der Waals surface area contributed by atoms with E-state index in [9.17, 15) is 0 Å². The molecule has 0 fully saturated rings. The average molecular weight is 713 g/mol. The van der Waals surface area contributed by atoms with Crippen LogP contribution in [0.1, 0.15) is 0 Å². The number of hydrogen-bond acceptors (Lipinski definition) is 0. The highest BCUT2D eigenvalue weighted by Gasteiger charge is 2.20. The molecule has 0 aliphatic rings. The van der Waals surface area contributed by atoms with Gasteiger partial charge in [-0.2, -0.15) is 0 Å². The molecule has 11 rings (SSSR count). The Balaban J connectivity index is 1.09. The molecule has 0 N–H and O–H groups in total. The molecule has 11 aromatic rings. The lowest BCUT2D eigenvalue weighted by Crippen LogP contribution is -2.00. The Kier molecular flexibility index (Phi) is 7.53. The highest BCUT2D eigenvalue weighted by Crippen LogP contribution is 2.43. The van der Waals surface area contributed by atoms with Gasteiger partial charge in [0.05, 0.1) is 27.8 Å². The zero-order valence-corrected chi connectivity index (χ0v) is 30.7. The minimum atomic E-state index is 1.16. The minimum absolute atomic E-state index is 1.16. The van der Waals surface area contributed by atoms with E-state index in [1.165, 1.54) is 93.8 Å². The molecule has 2 aromatic heterocycles. The number of benzene rings is 9. The highest BCUT2D eigenvalue weighted by molar-refractivity contribution is 6.13. The fourth-order valence-corrected chi connectivity index (χ4v) is 8.74. The summed E-state index contributed by atoms with van der Waals surface area (Å²) < 4.78 is 4.88. The van der Waals surface area contributed by atoms with Crippen LogP contribution in [0, 0.1) is 0 Å². The normalized spacial score (nSPS) is 11.6. The van der Waals surface area contributed by atoms with Crippen molar-refractivity contribution in [3.05, 3.63) is 218 Å². The molecule has 0 bridgehead atoms. The van der Waals surface area contributed by atoms with Gasteiger partial charge in [-0.05, 0) is 81.9 Å². The highest BCUT2D eigenvalue weighted by atomic mass is 15.0. The molecule has 0 saturated heterocycles. The summed E-state index contributed by atoms with van der Waals surface area (Å²) >= 11 is 0. The van der Waals surface area contributed by atoms with E-state index in [2.05, 4.69) is 228 Å². The lowest BCUT2D eigenvalue weighted by molar-refractivity contribution is 1.18. The van der Waals surface area contributed by atoms with Crippen LogP contribution in [0.2, 0.25) is 0 Å². The Morgan fingerprint density at radius 3 is 1.16 bits per heavy atom. The quantitative estimate of drug-likeness (QED) is 0.162. The first-order valence-electron chi connectivity index (χ1n) is 19.3. The van der Waals surface area contributed by atoms with Crippen molar-refractivity contribution >= 4 is 43.6 Å². The minimum Gasteiger partial charge on any atom is -0.309 e. The van der Waals surface area contributed by atoms with E-state index in [1.807, 2.05) is 0 Å². The lowest BCUT2D eigenvalue weighted by atomic mass is 9.95. The van der Waals surface area contributed by atoms with Crippen LogP contribution in [0.3, 0.4) is 0 Å². The molecule has 2 heteroatoms. The van der Waals surface area contributed by atoms with Gasteiger partial charge in [0.25, 0.3) is 0 Å². The van der Waals surface area contributed by atoms with E-state index < -0.39 is 0 Å². The molecule has 262 valence electrons. The Labute approximate surface area is 325 Å². The van der Waals surface area contributed by atoms with Gasteiger partial charge >= 0.3 is 0 Å². The van der Waals surface area contributed by atoms with E-state index in [0.29, 0.717) is 0 Å². The zero-order chi connectivity index (χ0) is 37.0. The van der Waals surface area contributed by atoms with E-state index in [1.54, 1.807) is 0 Å². The van der Waals surface area contributed by atoms with Crippen LogP contribution in [0.5, 0.6) is 0 Å². The van der Waals surface area contributed by atoms with Gasteiger partial charge in [0.2, 0.25) is 0 Å². The van der Waals surface area contributed by atoms with Gasteiger partial charge in [-0.3, -0.25) is 0 Å². The molecular formula is C54H36N2. The standard InChI is InChI=1S/C54H36N2/c1-4-15-37(16-5-1)38-27-31-43(32-28-38)55-50-25-12-10-21-46(50)48-35-41(29-33-52(48)55)42-30-34-53-49(36-42)47-22-11-13-26-51(47)56(53)54-44(39-17-6-2-7-18-39)23-14-24-45(54)40-19-8-3-9-20-40/h1-36H. The fraction of sp³-hybridized carbons (Fsp3) is 0. The largest absolute Gasteiger partial charge is 0.309 e. The van der Waals surface area contributed by atoms with E-state index >= 15 is 0 Å². The van der Waals surface area contributed by atoms with Crippen LogP contribution >= 0.6 is 0 Å². The third kappa shape index (κ3) is 5.19. The van der Waals surface area contributed by atoms with Crippen molar-refractivity contribution in [1.82, 2.24) is 9.13 Å². The number of aromatic nitrogens is 2. The predicted molar refractivity (Wildman–Crippen MR) is 237 cm³/mol. The van der Waals surface area contributed by atoms with Crippen molar-refractivity contribution in [1.29, 1.82) is 0 Å². The maximum atomic E-state index is 2.49. The molecule has 0 aliphatic carbocycles. The van der Waals surface area contributed by atoms with E-state index in [0.717, 1.165) is 5.69 Å². The van der Waals surface area contributed by atoms with Crippen LogP contribution in [-0.2, 0) is 0 Å². The Morgan fingerprint density at radius 2 is 0.625 bits per heavy atom. The number of fused-ring (bicyclic) bond motifs is 6. The summed E-state index contributed by atoms with van der Waals surface area (Å²) in [6.45, 7) is 0. The van der Waals surface area contributed by atoms with Crippen molar-refractivity contribution in [2.45, 2.75) is 0 Å². The Morgan fingerprint density at radius 1 is 0.232 bits per heavy atom. The number of rotatable bonds is 6. The van der Waals surface area contributed by atoms with Gasteiger partial charge in [-0.25, -0.2) is 0 Å². The van der Waals surface area contributed by atoms with E-state index in [4.69, 9.17) is 0 Å². The SMILES string of the molecule is c1ccc(-c2ccc(-n3c4ccccc4c4cc(-c5ccc6c(c5)c5ccccc5n6-c5c(-c6ccccc6)cccc5-c5ccccc5)ccc43)cc2)cc1. The van der Waals surface area contributed by atoms with Gasteiger partial charge in [0.15, 0.2) is 0 Å². The zero-order valence-electron chi connectivity index (χ0n) is 30.7. The number of hydrogen-bond donors (Lipinski definition) is 0. The van der Waals surface area contributed by atoms with Crippen molar-refractivity contribution in [3.8, 4) is 55.9 Å². The Hall–Kier alpha value is -7.42. The van der Waals surface area contributed by atoms with Gasteiger partial charge in [-0.1, -0.05) is 170 Å². The summed E-state index contributed by atoms with van der Waals surface area (Å²) in [6.07, 6.45) is 0. The van der Waals surface area contributed by atoms with Gasteiger partial charge in [-0.15, -0.1) is 0 Å². The van der Waals surface area contributed by atoms with Gasteiger partial charge < -0.3 is 9.13 Å². The van der Waals surface area contributed by atoms with Gasteiger partial charge in [0.1, 0.15) is 0 Å². The van der Waals surface area contributed by atoms with Crippen molar-refractivity contribution < 1.29 is 0 Å². The first-order valence-corrected chi connectivity index (χ1v) is 19.3. The second kappa shape index (κ2) is 13.2. The molecule has 0 aliphatic heterocycles. The molecule has 9 aromatic carbocycles. The molecule has 0 saturated carbocycles. The van der Waals surface area contributed by atoms with Crippen LogP contribution in [0.15, 0.2) is 218 Å². The summed E-state index contributed by atoms with van der Waals surface area (Å²) in [5.41, 5.74) is 16.8. The summed E-state index contributed by atoms with van der Waals surface area (Å²) in [5, 5.41) is 4.97. The Bertz CT molecular complexity index is 3150. The molecule has 56 heavy (non-hydrogen) atoms. The summed E-state index contributed by atoms with van der Waals surface area (Å²) in [7, 11) is 0. The molecule has 0 unspecified atom stereocenters. The molecule has 2 heterocycles. The molecule has 0 spiro atoms.